The van der Waals surface area contributed by atoms with Gasteiger partial charge in [-0.15, -0.1) is 0 Å². The van der Waals surface area contributed by atoms with E-state index >= 15 is 0 Å². The van der Waals surface area contributed by atoms with E-state index in [-0.39, 0.29) is 0 Å². The lowest BCUT2D eigenvalue weighted by Gasteiger charge is -2.06. The number of ether oxygens (including phenoxy) is 1. The zero-order valence-corrected chi connectivity index (χ0v) is 8.80. The Morgan fingerprint density at radius 1 is 1.36 bits per heavy atom. The molecule has 0 aliphatic rings. The highest BCUT2D eigenvalue weighted by atomic mass is 35.5. The zero-order valence-electron chi connectivity index (χ0n) is 8.04. The molecule has 14 heavy (non-hydrogen) atoms. The lowest BCUT2D eigenvalue weighted by atomic mass is 10.1. The van der Waals surface area contributed by atoms with Crippen LogP contribution in [0.1, 0.15) is 5.56 Å². The minimum Gasteiger partial charge on any atom is -0.496 e. The van der Waals surface area contributed by atoms with Gasteiger partial charge >= 0.3 is 0 Å². The average molecular weight is 208 g/mol. The molecule has 0 saturated heterocycles. The van der Waals surface area contributed by atoms with Crippen LogP contribution in [0.4, 0.5) is 0 Å². The predicted molar refractivity (Wildman–Crippen MR) is 58.0 cm³/mol. The summed E-state index contributed by atoms with van der Waals surface area (Å²) in [5.74, 6) is 0.806. The lowest BCUT2D eigenvalue weighted by molar-refractivity contribution is 0.419. The number of hydrogen-bond donors (Lipinski definition) is 0. The molecule has 0 saturated carbocycles. The molecular formula is C11H10ClNO. The Morgan fingerprint density at radius 2 is 2.14 bits per heavy atom. The van der Waals surface area contributed by atoms with Crippen LogP contribution < -0.4 is 4.74 Å². The fraction of sp³-hybridized carbons (Fsp3) is 0.182. The zero-order chi connectivity index (χ0) is 10.1. The molecule has 0 aliphatic heterocycles. The van der Waals surface area contributed by atoms with Crippen molar-refractivity contribution in [2.24, 2.45) is 0 Å². The van der Waals surface area contributed by atoms with Crippen LogP contribution >= 0.6 is 11.6 Å². The third kappa shape index (κ3) is 1.42. The van der Waals surface area contributed by atoms with Crippen LogP contribution in [0, 0.1) is 6.92 Å². The van der Waals surface area contributed by atoms with E-state index in [1.54, 1.807) is 19.4 Å². The maximum atomic E-state index is 6.02. The standard InChI is InChI=1S/C11H10ClNO/c1-7-5-8-10(14-2)4-3-9(12)11(8)13-6-7/h3-6H,1-2H3. The molecule has 2 nitrogen and oxygen atoms in total. The van der Waals surface area contributed by atoms with Gasteiger partial charge in [0.2, 0.25) is 0 Å². The topological polar surface area (TPSA) is 22.1 Å². The van der Waals surface area contributed by atoms with Gasteiger partial charge in [0.15, 0.2) is 0 Å². The quantitative estimate of drug-likeness (QED) is 0.717. The number of halogens is 1. The van der Waals surface area contributed by atoms with E-state index in [9.17, 15) is 0 Å². The van der Waals surface area contributed by atoms with Crippen LogP contribution in [-0.2, 0) is 0 Å². The molecule has 2 aromatic rings. The fourth-order valence-electron chi connectivity index (χ4n) is 1.44. The molecule has 0 fully saturated rings. The number of aryl methyl sites for hydroxylation is 1. The fourth-order valence-corrected chi connectivity index (χ4v) is 1.66. The molecule has 1 heterocycles. The van der Waals surface area contributed by atoms with E-state index in [4.69, 9.17) is 16.3 Å². The second-order valence-corrected chi connectivity index (χ2v) is 3.57. The average Bonchev–Trinajstić information content (AvgIpc) is 2.18. The number of hydrogen-bond acceptors (Lipinski definition) is 2. The predicted octanol–water partition coefficient (Wildman–Crippen LogP) is 3.21. The molecule has 0 radical (unpaired) electrons. The summed E-state index contributed by atoms with van der Waals surface area (Å²) in [6, 6.07) is 5.67. The van der Waals surface area contributed by atoms with Crippen molar-refractivity contribution in [2.75, 3.05) is 7.11 Å². The van der Waals surface area contributed by atoms with Gasteiger partial charge in [0.1, 0.15) is 5.75 Å². The van der Waals surface area contributed by atoms with E-state index in [1.165, 1.54) is 0 Å². The molecular weight excluding hydrogens is 198 g/mol. The summed E-state index contributed by atoms with van der Waals surface area (Å²) < 4.78 is 5.24. The first-order chi connectivity index (χ1) is 6.72. The molecule has 2 rings (SSSR count). The van der Waals surface area contributed by atoms with Gasteiger partial charge < -0.3 is 4.74 Å². The summed E-state index contributed by atoms with van der Waals surface area (Å²) in [4.78, 5) is 4.28. The highest BCUT2D eigenvalue weighted by molar-refractivity contribution is 6.35. The van der Waals surface area contributed by atoms with Crippen LogP contribution in [0.25, 0.3) is 10.9 Å². The van der Waals surface area contributed by atoms with Gasteiger partial charge in [-0.05, 0) is 30.7 Å². The van der Waals surface area contributed by atoms with Crippen LogP contribution in [0.5, 0.6) is 5.75 Å². The van der Waals surface area contributed by atoms with Crippen molar-refractivity contribution >= 4 is 22.5 Å². The van der Waals surface area contributed by atoms with E-state index in [2.05, 4.69) is 4.98 Å². The Labute approximate surface area is 87.5 Å². The number of fused-ring (bicyclic) bond motifs is 1. The molecule has 72 valence electrons. The minimum atomic E-state index is 0.654. The monoisotopic (exact) mass is 207 g/mol. The first-order valence-electron chi connectivity index (χ1n) is 4.31. The van der Waals surface area contributed by atoms with Gasteiger partial charge in [0, 0.05) is 11.6 Å². The van der Waals surface area contributed by atoms with E-state index in [0.717, 1.165) is 22.2 Å². The van der Waals surface area contributed by atoms with E-state index in [0.29, 0.717) is 5.02 Å². The molecule has 0 unspecified atom stereocenters. The van der Waals surface area contributed by atoms with Gasteiger partial charge in [-0.3, -0.25) is 4.98 Å². The summed E-state index contributed by atoms with van der Waals surface area (Å²) in [5, 5.41) is 1.61. The highest BCUT2D eigenvalue weighted by Gasteiger charge is 2.05. The Balaban J connectivity index is 2.85. The van der Waals surface area contributed by atoms with Crippen molar-refractivity contribution in [3.8, 4) is 5.75 Å². The third-order valence-corrected chi connectivity index (χ3v) is 2.42. The van der Waals surface area contributed by atoms with Crippen molar-refractivity contribution in [1.82, 2.24) is 4.98 Å². The Morgan fingerprint density at radius 3 is 2.86 bits per heavy atom. The molecule has 0 N–H and O–H groups in total. The van der Waals surface area contributed by atoms with Gasteiger partial charge in [-0.1, -0.05) is 11.6 Å². The third-order valence-electron chi connectivity index (χ3n) is 2.12. The molecule has 0 amide bonds. The van der Waals surface area contributed by atoms with Crippen molar-refractivity contribution in [2.45, 2.75) is 6.92 Å². The number of nitrogens with zero attached hydrogens (tertiary/aromatic N) is 1. The Hall–Kier alpha value is -1.28. The largest absolute Gasteiger partial charge is 0.496 e. The lowest BCUT2D eigenvalue weighted by Crippen LogP contribution is -1.88. The number of rotatable bonds is 1. The van der Waals surface area contributed by atoms with Gasteiger partial charge in [-0.2, -0.15) is 0 Å². The molecule has 0 bridgehead atoms. The molecule has 0 atom stereocenters. The number of methoxy groups -OCH3 is 1. The highest BCUT2D eigenvalue weighted by Crippen LogP contribution is 2.30. The molecule has 0 aliphatic carbocycles. The smallest absolute Gasteiger partial charge is 0.128 e. The summed E-state index contributed by atoms with van der Waals surface area (Å²) >= 11 is 6.02. The molecule has 1 aromatic heterocycles. The first-order valence-corrected chi connectivity index (χ1v) is 4.69. The maximum Gasteiger partial charge on any atom is 0.128 e. The van der Waals surface area contributed by atoms with Crippen molar-refractivity contribution in [3.63, 3.8) is 0 Å². The minimum absolute atomic E-state index is 0.654. The number of benzene rings is 1. The molecule has 0 spiro atoms. The first kappa shape index (κ1) is 9.28. The Kier molecular flexibility index (Phi) is 2.30. The van der Waals surface area contributed by atoms with E-state index in [1.807, 2.05) is 19.1 Å². The molecule has 1 aromatic carbocycles. The second kappa shape index (κ2) is 3.46. The van der Waals surface area contributed by atoms with Crippen molar-refractivity contribution < 1.29 is 4.74 Å². The summed E-state index contributed by atoms with van der Waals surface area (Å²) in [5.41, 5.74) is 1.88. The maximum absolute atomic E-state index is 6.02. The number of aromatic nitrogens is 1. The van der Waals surface area contributed by atoms with Crippen LogP contribution in [0.2, 0.25) is 5.02 Å². The SMILES string of the molecule is COc1ccc(Cl)c2ncc(C)cc12. The van der Waals surface area contributed by atoms with Crippen molar-refractivity contribution in [1.29, 1.82) is 0 Å². The number of pyridine rings is 1. The van der Waals surface area contributed by atoms with Crippen LogP contribution in [0.15, 0.2) is 24.4 Å². The Bertz CT molecular complexity index is 482. The van der Waals surface area contributed by atoms with Gasteiger partial charge in [0.25, 0.3) is 0 Å². The second-order valence-electron chi connectivity index (χ2n) is 3.16. The van der Waals surface area contributed by atoms with E-state index < -0.39 is 0 Å². The van der Waals surface area contributed by atoms with Crippen molar-refractivity contribution in [3.05, 3.63) is 35.0 Å². The summed E-state index contributed by atoms with van der Waals surface area (Å²) in [6.07, 6.45) is 1.80. The van der Waals surface area contributed by atoms with Crippen LogP contribution in [0.3, 0.4) is 0 Å². The van der Waals surface area contributed by atoms with Crippen LogP contribution in [-0.4, -0.2) is 12.1 Å². The van der Waals surface area contributed by atoms with Gasteiger partial charge in [0.05, 0.1) is 17.6 Å². The molecule has 3 heteroatoms. The van der Waals surface area contributed by atoms with Gasteiger partial charge in [-0.25, -0.2) is 0 Å². The summed E-state index contributed by atoms with van der Waals surface area (Å²) in [7, 11) is 1.64. The summed E-state index contributed by atoms with van der Waals surface area (Å²) in [6.45, 7) is 1.99. The normalized spacial score (nSPS) is 10.5.